The fourth-order valence-corrected chi connectivity index (χ4v) is 2.21. The molecule has 0 aliphatic heterocycles. The average molecular weight is 347 g/mol. The van der Waals surface area contributed by atoms with Gasteiger partial charge in [-0.1, -0.05) is 26.0 Å². The quantitative estimate of drug-likeness (QED) is 0.804. The van der Waals surface area contributed by atoms with Gasteiger partial charge in [-0.05, 0) is 47.1 Å². The SMILES string of the molecule is CC(C)CC(O)CNC(=O)c1ccccc1I. The molecule has 2 N–H and O–H groups in total. The van der Waals surface area contributed by atoms with Crippen LogP contribution in [0.15, 0.2) is 24.3 Å². The third-order valence-corrected chi connectivity index (χ3v) is 3.30. The monoisotopic (exact) mass is 347 g/mol. The molecule has 1 amide bonds. The summed E-state index contributed by atoms with van der Waals surface area (Å²) in [5.41, 5.74) is 0.657. The number of carbonyl (C=O) groups excluding carboxylic acids is 1. The molecule has 1 aromatic rings. The number of aliphatic hydroxyl groups excluding tert-OH is 1. The molecule has 0 aromatic heterocycles. The van der Waals surface area contributed by atoms with Crippen LogP contribution in [0.3, 0.4) is 0 Å². The Morgan fingerprint density at radius 2 is 2.06 bits per heavy atom. The van der Waals surface area contributed by atoms with Crippen LogP contribution >= 0.6 is 22.6 Å². The second kappa shape index (κ2) is 6.96. The van der Waals surface area contributed by atoms with Crippen LogP contribution in [-0.2, 0) is 0 Å². The number of hydrogen-bond acceptors (Lipinski definition) is 2. The summed E-state index contributed by atoms with van der Waals surface area (Å²) in [6, 6.07) is 7.40. The van der Waals surface area contributed by atoms with Crippen LogP contribution in [0.1, 0.15) is 30.6 Å². The van der Waals surface area contributed by atoms with Gasteiger partial charge in [0, 0.05) is 10.1 Å². The van der Waals surface area contributed by atoms with Crippen LogP contribution in [0, 0.1) is 9.49 Å². The Balaban J connectivity index is 2.48. The minimum atomic E-state index is -0.472. The van der Waals surface area contributed by atoms with Crippen LogP contribution in [0.4, 0.5) is 0 Å². The summed E-state index contributed by atoms with van der Waals surface area (Å²) in [6.45, 7) is 4.40. The van der Waals surface area contributed by atoms with Crippen molar-refractivity contribution in [2.45, 2.75) is 26.4 Å². The van der Waals surface area contributed by atoms with E-state index in [1.165, 1.54) is 0 Å². The molecule has 4 heteroatoms. The average Bonchev–Trinajstić information content (AvgIpc) is 2.25. The fourth-order valence-electron chi connectivity index (χ4n) is 1.58. The van der Waals surface area contributed by atoms with Gasteiger partial charge >= 0.3 is 0 Å². The van der Waals surface area contributed by atoms with E-state index in [0.717, 1.165) is 3.57 Å². The molecule has 0 heterocycles. The maximum atomic E-state index is 11.8. The molecule has 17 heavy (non-hydrogen) atoms. The Morgan fingerprint density at radius 1 is 1.41 bits per heavy atom. The van der Waals surface area contributed by atoms with Gasteiger partial charge in [0.15, 0.2) is 0 Å². The number of aliphatic hydroxyl groups is 1. The molecule has 3 nitrogen and oxygen atoms in total. The van der Waals surface area contributed by atoms with E-state index >= 15 is 0 Å². The van der Waals surface area contributed by atoms with Gasteiger partial charge in [-0.25, -0.2) is 0 Å². The normalized spacial score (nSPS) is 12.5. The Hall–Kier alpha value is -0.620. The van der Waals surface area contributed by atoms with Crippen LogP contribution in [0.5, 0.6) is 0 Å². The van der Waals surface area contributed by atoms with Crippen LogP contribution in [0.2, 0.25) is 0 Å². The first kappa shape index (κ1) is 14.4. The lowest BCUT2D eigenvalue weighted by atomic mass is 10.1. The predicted octanol–water partition coefficient (Wildman–Crippen LogP) is 2.43. The molecule has 0 aliphatic carbocycles. The number of amides is 1. The molecule has 0 radical (unpaired) electrons. The first-order chi connectivity index (χ1) is 8.00. The highest BCUT2D eigenvalue weighted by Crippen LogP contribution is 2.11. The third-order valence-electron chi connectivity index (χ3n) is 2.36. The first-order valence-electron chi connectivity index (χ1n) is 5.71. The van der Waals surface area contributed by atoms with Gasteiger partial charge in [0.2, 0.25) is 0 Å². The topological polar surface area (TPSA) is 49.3 Å². The van der Waals surface area contributed by atoms with Gasteiger partial charge in [0.05, 0.1) is 11.7 Å². The second-order valence-electron chi connectivity index (χ2n) is 4.47. The zero-order valence-corrected chi connectivity index (χ0v) is 12.3. The van der Waals surface area contributed by atoms with Gasteiger partial charge in [0.1, 0.15) is 0 Å². The van der Waals surface area contributed by atoms with E-state index < -0.39 is 6.10 Å². The molecule has 1 rings (SSSR count). The molecule has 1 aromatic carbocycles. The molecular formula is C13H18INO2. The smallest absolute Gasteiger partial charge is 0.252 e. The lowest BCUT2D eigenvalue weighted by molar-refractivity contribution is 0.0899. The standard InChI is InChI=1S/C13H18INO2/c1-9(2)7-10(16)8-15-13(17)11-5-3-4-6-12(11)14/h3-6,9-10,16H,7-8H2,1-2H3,(H,15,17). The number of carbonyl (C=O) groups is 1. The number of rotatable bonds is 5. The van der Waals surface area contributed by atoms with Crippen LogP contribution in [-0.4, -0.2) is 23.7 Å². The Kier molecular flexibility index (Phi) is 5.91. The molecule has 94 valence electrons. The van der Waals surface area contributed by atoms with Gasteiger partial charge < -0.3 is 10.4 Å². The Labute approximate surface area is 116 Å². The maximum Gasteiger partial charge on any atom is 0.252 e. The van der Waals surface area contributed by atoms with Gasteiger partial charge in [-0.2, -0.15) is 0 Å². The summed E-state index contributed by atoms with van der Waals surface area (Å²) in [4.78, 5) is 11.8. The fraction of sp³-hybridized carbons (Fsp3) is 0.462. The van der Waals surface area contributed by atoms with E-state index in [9.17, 15) is 9.90 Å². The van der Waals surface area contributed by atoms with E-state index in [4.69, 9.17) is 0 Å². The van der Waals surface area contributed by atoms with E-state index in [1.807, 2.05) is 32.0 Å². The van der Waals surface area contributed by atoms with Gasteiger partial charge in [0.25, 0.3) is 5.91 Å². The molecule has 0 saturated carbocycles. The van der Waals surface area contributed by atoms with Crippen molar-refractivity contribution in [3.63, 3.8) is 0 Å². The predicted molar refractivity (Wildman–Crippen MR) is 77.0 cm³/mol. The first-order valence-corrected chi connectivity index (χ1v) is 6.79. The summed E-state index contributed by atoms with van der Waals surface area (Å²) in [5.74, 6) is 0.302. The molecule has 1 atom stereocenters. The van der Waals surface area contributed by atoms with E-state index in [-0.39, 0.29) is 5.91 Å². The van der Waals surface area contributed by atoms with Crippen molar-refractivity contribution in [2.24, 2.45) is 5.92 Å². The highest BCUT2D eigenvalue weighted by molar-refractivity contribution is 14.1. The number of hydrogen-bond donors (Lipinski definition) is 2. The van der Waals surface area contributed by atoms with Crippen molar-refractivity contribution in [3.05, 3.63) is 33.4 Å². The van der Waals surface area contributed by atoms with E-state index in [0.29, 0.717) is 24.4 Å². The molecule has 1 unspecified atom stereocenters. The molecule has 0 spiro atoms. The minimum absolute atomic E-state index is 0.127. The number of nitrogens with one attached hydrogen (secondary N) is 1. The van der Waals surface area contributed by atoms with Gasteiger partial charge in [-0.3, -0.25) is 4.79 Å². The van der Waals surface area contributed by atoms with Crippen molar-refractivity contribution in [1.29, 1.82) is 0 Å². The number of halogens is 1. The molecular weight excluding hydrogens is 329 g/mol. The van der Waals surface area contributed by atoms with Crippen LogP contribution < -0.4 is 5.32 Å². The van der Waals surface area contributed by atoms with Crippen molar-refractivity contribution in [3.8, 4) is 0 Å². The highest BCUT2D eigenvalue weighted by Gasteiger charge is 2.12. The lowest BCUT2D eigenvalue weighted by Gasteiger charge is -2.14. The second-order valence-corrected chi connectivity index (χ2v) is 5.64. The van der Waals surface area contributed by atoms with Gasteiger partial charge in [-0.15, -0.1) is 0 Å². The maximum absolute atomic E-state index is 11.8. The zero-order valence-electron chi connectivity index (χ0n) is 10.1. The van der Waals surface area contributed by atoms with Crippen molar-refractivity contribution < 1.29 is 9.90 Å². The highest BCUT2D eigenvalue weighted by atomic mass is 127. The summed E-state index contributed by atoms with van der Waals surface area (Å²) < 4.78 is 0.918. The van der Waals surface area contributed by atoms with Crippen LogP contribution in [0.25, 0.3) is 0 Å². The Morgan fingerprint density at radius 3 is 2.65 bits per heavy atom. The third kappa shape index (κ3) is 5.04. The minimum Gasteiger partial charge on any atom is -0.391 e. The van der Waals surface area contributed by atoms with Crippen molar-refractivity contribution >= 4 is 28.5 Å². The summed E-state index contributed by atoms with van der Waals surface area (Å²) >= 11 is 2.13. The van der Waals surface area contributed by atoms with Crippen molar-refractivity contribution in [2.75, 3.05) is 6.54 Å². The summed E-state index contributed by atoms with van der Waals surface area (Å²) in [5, 5.41) is 12.4. The van der Waals surface area contributed by atoms with E-state index in [1.54, 1.807) is 6.07 Å². The Bertz CT molecular complexity index is 379. The molecule has 0 bridgehead atoms. The summed E-state index contributed by atoms with van der Waals surface area (Å²) in [7, 11) is 0. The zero-order chi connectivity index (χ0) is 12.8. The summed E-state index contributed by atoms with van der Waals surface area (Å²) in [6.07, 6.45) is 0.229. The largest absolute Gasteiger partial charge is 0.391 e. The molecule has 0 saturated heterocycles. The number of benzene rings is 1. The van der Waals surface area contributed by atoms with E-state index in [2.05, 4.69) is 27.9 Å². The molecule has 0 fully saturated rings. The molecule has 0 aliphatic rings. The van der Waals surface area contributed by atoms with Crippen molar-refractivity contribution in [1.82, 2.24) is 5.32 Å². The lowest BCUT2D eigenvalue weighted by Crippen LogP contribution is -2.33.